The molecule has 0 atom stereocenters. The molecule has 2 aromatic rings. The Morgan fingerprint density at radius 2 is 2.25 bits per heavy atom. The molecule has 0 amide bonds. The van der Waals surface area contributed by atoms with Crippen LogP contribution in [0.15, 0.2) is 23.2 Å². The second-order valence-corrected chi connectivity index (χ2v) is 7.58. The van der Waals surface area contributed by atoms with Crippen LogP contribution >= 0.6 is 11.3 Å². The Balaban J connectivity index is 1.98. The number of nitrogens with zero attached hydrogens (tertiary/aromatic N) is 2. The first-order valence-electron chi connectivity index (χ1n) is 8.40. The van der Waals surface area contributed by atoms with Gasteiger partial charge in [-0.05, 0) is 44.7 Å². The number of allylic oxidation sites excluding steroid dienone is 1. The van der Waals surface area contributed by atoms with Crippen LogP contribution < -0.4 is 16.4 Å². The minimum absolute atomic E-state index is 0.343. The van der Waals surface area contributed by atoms with E-state index in [4.69, 9.17) is 10.7 Å². The first kappa shape index (κ1) is 16.8. The van der Waals surface area contributed by atoms with Crippen molar-refractivity contribution in [2.24, 2.45) is 16.6 Å². The van der Waals surface area contributed by atoms with Crippen molar-refractivity contribution in [3.05, 3.63) is 23.1 Å². The van der Waals surface area contributed by atoms with Crippen molar-refractivity contribution in [1.29, 1.82) is 0 Å². The van der Waals surface area contributed by atoms with Gasteiger partial charge in [-0.2, -0.15) is 0 Å². The average Bonchev–Trinajstić information content (AvgIpc) is 3.26. The Kier molecular flexibility index (Phi) is 5.04. The van der Waals surface area contributed by atoms with Crippen molar-refractivity contribution in [3.8, 4) is 0 Å². The van der Waals surface area contributed by atoms with Gasteiger partial charge in [0.05, 0.1) is 26.5 Å². The van der Waals surface area contributed by atoms with Gasteiger partial charge in [0.1, 0.15) is 5.82 Å². The van der Waals surface area contributed by atoms with Crippen molar-refractivity contribution in [1.82, 2.24) is 4.98 Å². The molecule has 128 valence electrons. The van der Waals surface area contributed by atoms with Crippen molar-refractivity contribution < 1.29 is 0 Å². The van der Waals surface area contributed by atoms with Gasteiger partial charge in [0.2, 0.25) is 0 Å². The molecule has 2 heterocycles. The second kappa shape index (κ2) is 7.21. The molecule has 1 saturated carbocycles. The lowest BCUT2D eigenvalue weighted by Crippen LogP contribution is -2.12. The summed E-state index contributed by atoms with van der Waals surface area (Å²) >= 11 is 1.67. The fourth-order valence-electron chi connectivity index (χ4n) is 2.48. The summed E-state index contributed by atoms with van der Waals surface area (Å²) in [6, 6.07) is 4.51. The van der Waals surface area contributed by atoms with Gasteiger partial charge in [-0.25, -0.2) is 4.98 Å². The zero-order valence-corrected chi connectivity index (χ0v) is 15.3. The van der Waals surface area contributed by atoms with Crippen LogP contribution in [0.5, 0.6) is 0 Å². The number of rotatable bonds is 7. The topological polar surface area (TPSA) is 75.3 Å². The number of hydrogen-bond acceptors (Lipinski definition) is 6. The second-order valence-electron chi connectivity index (χ2n) is 6.53. The van der Waals surface area contributed by atoms with Gasteiger partial charge in [0.15, 0.2) is 0 Å². The molecule has 1 aliphatic rings. The maximum Gasteiger partial charge on any atom is 0.128 e. The van der Waals surface area contributed by atoms with Crippen LogP contribution in [-0.2, 0) is 0 Å². The first-order valence-corrected chi connectivity index (χ1v) is 9.21. The summed E-state index contributed by atoms with van der Waals surface area (Å²) in [6.07, 6.45) is 6.21. The van der Waals surface area contributed by atoms with Crippen molar-refractivity contribution in [2.45, 2.75) is 32.7 Å². The predicted octanol–water partition coefficient (Wildman–Crippen LogP) is 3.94. The smallest absolute Gasteiger partial charge is 0.128 e. The molecule has 0 aliphatic heterocycles. The maximum absolute atomic E-state index is 6.16. The van der Waals surface area contributed by atoms with Gasteiger partial charge in [-0.1, -0.05) is 0 Å². The molecule has 3 rings (SSSR count). The highest BCUT2D eigenvalue weighted by Gasteiger charge is 2.21. The molecule has 5 nitrogen and oxygen atoms in total. The Morgan fingerprint density at radius 3 is 2.92 bits per heavy atom. The Labute approximate surface area is 147 Å². The third-order valence-electron chi connectivity index (χ3n) is 3.88. The minimum atomic E-state index is 0.343. The van der Waals surface area contributed by atoms with Crippen LogP contribution in [0.2, 0.25) is 0 Å². The summed E-state index contributed by atoms with van der Waals surface area (Å²) in [5.74, 6) is 1.72. The number of aromatic nitrogens is 1. The highest BCUT2D eigenvalue weighted by molar-refractivity contribution is 7.20. The Hall–Kier alpha value is -2.08. The highest BCUT2D eigenvalue weighted by atomic mass is 32.1. The monoisotopic (exact) mass is 343 g/mol. The van der Waals surface area contributed by atoms with Gasteiger partial charge < -0.3 is 16.4 Å². The molecule has 2 aromatic heterocycles. The van der Waals surface area contributed by atoms with Crippen molar-refractivity contribution >= 4 is 45.0 Å². The SMILES string of the molecule is C/N=C\C=C(/N)c1cc2nc(NC(C)C)cc(NCC3CC3)c2s1. The van der Waals surface area contributed by atoms with E-state index in [0.717, 1.165) is 44.8 Å². The largest absolute Gasteiger partial charge is 0.398 e. The van der Waals surface area contributed by atoms with Gasteiger partial charge in [0.25, 0.3) is 0 Å². The molecule has 6 heteroatoms. The fraction of sp³-hybridized carbons (Fsp3) is 0.444. The molecule has 0 unspecified atom stereocenters. The van der Waals surface area contributed by atoms with E-state index in [9.17, 15) is 0 Å². The van der Waals surface area contributed by atoms with E-state index in [2.05, 4.69) is 41.6 Å². The predicted molar refractivity (Wildman–Crippen MR) is 106 cm³/mol. The number of fused-ring (bicyclic) bond motifs is 1. The van der Waals surface area contributed by atoms with Gasteiger partial charge >= 0.3 is 0 Å². The molecule has 0 radical (unpaired) electrons. The van der Waals surface area contributed by atoms with Crippen molar-refractivity contribution in [3.63, 3.8) is 0 Å². The number of hydrogen-bond donors (Lipinski definition) is 3. The van der Waals surface area contributed by atoms with E-state index in [0.29, 0.717) is 6.04 Å². The lowest BCUT2D eigenvalue weighted by atomic mass is 10.2. The molecule has 0 spiro atoms. The molecule has 4 N–H and O–H groups in total. The Morgan fingerprint density at radius 1 is 1.46 bits per heavy atom. The molecule has 0 aromatic carbocycles. The molecule has 1 aliphatic carbocycles. The van der Waals surface area contributed by atoms with Crippen LogP contribution in [0.25, 0.3) is 15.9 Å². The van der Waals surface area contributed by atoms with Gasteiger partial charge in [0, 0.05) is 31.9 Å². The normalized spacial score (nSPS) is 15.6. The summed E-state index contributed by atoms with van der Waals surface area (Å²) in [7, 11) is 1.74. The molecule has 0 bridgehead atoms. The lowest BCUT2D eigenvalue weighted by Gasteiger charge is -2.12. The number of anilines is 2. The summed E-state index contributed by atoms with van der Waals surface area (Å²) in [4.78, 5) is 9.73. The Bertz CT molecular complexity index is 771. The van der Waals surface area contributed by atoms with Crippen molar-refractivity contribution in [2.75, 3.05) is 24.2 Å². The van der Waals surface area contributed by atoms with E-state index in [1.54, 1.807) is 24.6 Å². The minimum Gasteiger partial charge on any atom is -0.398 e. The van der Waals surface area contributed by atoms with E-state index in [1.165, 1.54) is 12.8 Å². The van der Waals surface area contributed by atoms with Crippen LogP contribution in [0.1, 0.15) is 31.6 Å². The fourth-order valence-corrected chi connectivity index (χ4v) is 3.50. The quantitative estimate of drug-likeness (QED) is 0.666. The third-order valence-corrected chi connectivity index (χ3v) is 5.09. The molecule has 1 fully saturated rings. The summed E-state index contributed by atoms with van der Waals surface area (Å²) in [5, 5.41) is 7.00. The third kappa shape index (κ3) is 4.06. The van der Waals surface area contributed by atoms with Crippen LogP contribution in [-0.4, -0.2) is 30.8 Å². The number of pyridine rings is 1. The van der Waals surface area contributed by atoms with E-state index in [1.807, 2.05) is 6.08 Å². The van der Waals surface area contributed by atoms with E-state index in [-0.39, 0.29) is 0 Å². The summed E-state index contributed by atoms with van der Waals surface area (Å²) in [5.41, 5.74) is 9.00. The summed E-state index contributed by atoms with van der Waals surface area (Å²) < 4.78 is 1.16. The van der Waals surface area contributed by atoms with E-state index < -0.39 is 0 Å². The highest BCUT2D eigenvalue weighted by Crippen LogP contribution is 2.36. The molecule has 0 saturated heterocycles. The van der Waals surface area contributed by atoms with E-state index >= 15 is 0 Å². The summed E-state index contributed by atoms with van der Waals surface area (Å²) in [6.45, 7) is 5.27. The molecular formula is C18H25N5S. The number of thiophene rings is 1. The first-order chi connectivity index (χ1) is 11.6. The number of nitrogens with one attached hydrogen (secondary N) is 2. The molecular weight excluding hydrogens is 318 g/mol. The number of nitrogens with two attached hydrogens (primary N) is 1. The van der Waals surface area contributed by atoms with Crippen LogP contribution in [0.4, 0.5) is 11.5 Å². The van der Waals surface area contributed by atoms with Gasteiger partial charge in [-0.15, -0.1) is 11.3 Å². The average molecular weight is 344 g/mol. The standard InChI is InChI=1S/C18H25N5S/c1-11(2)22-17-9-14(21-10-12-4-5-12)18-15(23-17)8-16(24-18)13(19)6-7-20-3/h6-9,11-12H,4-5,10,19H2,1-3H3,(H2,21,22,23)/b13-6-,20-7-. The van der Waals surface area contributed by atoms with Crippen LogP contribution in [0, 0.1) is 5.92 Å². The van der Waals surface area contributed by atoms with Crippen LogP contribution in [0.3, 0.4) is 0 Å². The maximum atomic E-state index is 6.16. The molecule has 24 heavy (non-hydrogen) atoms. The zero-order chi connectivity index (χ0) is 17.1. The number of aliphatic imine (C=N–C) groups is 1. The zero-order valence-electron chi connectivity index (χ0n) is 14.5. The lowest BCUT2D eigenvalue weighted by molar-refractivity contribution is 0.885. The van der Waals surface area contributed by atoms with Gasteiger partial charge in [-0.3, -0.25) is 4.99 Å².